The molecule has 0 aromatic rings. The Balaban J connectivity index is 2.08. The third-order valence-corrected chi connectivity index (χ3v) is 7.85. The Morgan fingerprint density at radius 3 is 1.27 bits per heavy atom. The van der Waals surface area contributed by atoms with Crippen LogP contribution in [0.15, 0.2) is 58.7 Å². The van der Waals surface area contributed by atoms with Crippen LogP contribution in [0.4, 0.5) is 0 Å². The lowest BCUT2D eigenvalue weighted by atomic mass is 9.77. The predicted octanol–water partition coefficient (Wildman–Crippen LogP) is 7.81. The second-order valence-corrected chi connectivity index (χ2v) is 14.0. The van der Waals surface area contributed by atoms with Crippen molar-refractivity contribution in [2.45, 2.75) is 107 Å². The van der Waals surface area contributed by atoms with Crippen LogP contribution >= 0.6 is 0 Å². The standard InChI is InChI=1S/C34H48O6/c1-31(2)19-23(13-9-11-17-33(5,6)29(37)38)27(35)25(21-31)15-16-26-22-32(3,4)20-24(28(26)36)14-10-12-18-34(7,8)30(39)40/h15-16,19-22H,9-14,17-18H2,1-8H3,(H,37,38)(H,39,40)/b16-15-. The molecule has 0 radical (unpaired) electrons. The number of unbranched alkanes of at least 4 members (excludes halogenated alkanes) is 2. The molecule has 0 aromatic carbocycles. The highest BCUT2D eigenvalue weighted by molar-refractivity contribution is 6.13. The van der Waals surface area contributed by atoms with Crippen LogP contribution in [0, 0.1) is 21.7 Å². The zero-order valence-corrected chi connectivity index (χ0v) is 25.6. The molecule has 0 fully saturated rings. The molecule has 0 spiro atoms. The molecule has 2 aliphatic carbocycles. The lowest BCUT2D eigenvalue weighted by Crippen LogP contribution is -2.23. The van der Waals surface area contributed by atoms with E-state index in [9.17, 15) is 29.4 Å². The molecule has 0 aliphatic heterocycles. The van der Waals surface area contributed by atoms with Crippen molar-refractivity contribution < 1.29 is 29.4 Å². The molecule has 6 heteroatoms. The molecular weight excluding hydrogens is 504 g/mol. The normalized spacial score (nSPS) is 19.2. The van der Waals surface area contributed by atoms with Crippen molar-refractivity contribution >= 4 is 23.5 Å². The summed E-state index contributed by atoms with van der Waals surface area (Å²) in [5.74, 6) is -1.72. The Morgan fingerprint density at radius 2 is 0.975 bits per heavy atom. The van der Waals surface area contributed by atoms with Gasteiger partial charge in [-0.25, -0.2) is 0 Å². The molecule has 0 bridgehead atoms. The van der Waals surface area contributed by atoms with Gasteiger partial charge in [-0.15, -0.1) is 0 Å². The van der Waals surface area contributed by atoms with Gasteiger partial charge >= 0.3 is 11.9 Å². The molecule has 220 valence electrons. The molecule has 2 aliphatic rings. The number of aliphatic carboxylic acids is 2. The van der Waals surface area contributed by atoms with Gasteiger partial charge in [-0.05, 0) is 77.4 Å². The van der Waals surface area contributed by atoms with E-state index >= 15 is 0 Å². The molecule has 0 saturated carbocycles. The first-order valence-corrected chi connectivity index (χ1v) is 14.4. The lowest BCUT2D eigenvalue weighted by Gasteiger charge is -2.26. The maximum absolute atomic E-state index is 13.3. The van der Waals surface area contributed by atoms with Crippen molar-refractivity contribution in [2.24, 2.45) is 21.7 Å². The van der Waals surface area contributed by atoms with Crippen LogP contribution in [0.5, 0.6) is 0 Å². The SMILES string of the molecule is CC1(C)C=C(/C=C\C2=CC(C)(C)C=C(CCCCC(C)(C)C(=O)O)C2=O)C(=O)C(CCCCC(C)(C)C(=O)O)=C1. The summed E-state index contributed by atoms with van der Waals surface area (Å²) in [5.41, 5.74) is 0.385. The minimum atomic E-state index is -0.813. The summed E-state index contributed by atoms with van der Waals surface area (Å²) >= 11 is 0. The second kappa shape index (κ2) is 12.7. The maximum Gasteiger partial charge on any atom is 0.309 e. The van der Waals surface area contributed by atoms with Gasteiger partial charge < -0.3 is 10.2 Å². The van der Waals surface area contributed by atoms with Gasteiger partial charge in [0.25, 0.3) is 0 Å². The first-order valence-electron chi connectivity index (χ1n) is 14.4. The topological polar surface area (TPSA) is 109 Å². The molecule has 0 aromatic heterocycles. The Kier molecular flexibility index (Phi) is 10.5. The summed E-state index contributed by atoms with van der Waals surface area (Å²) in [5, 5.41) is 18.7. The summed E-state index contributed by atoms with van der Waals surface area (Å²) in [7, 11) is 0. The molecule has 6 nitrogen and oxygen atoms in total. The van der Waals surface area contributed by atoms with Gasteiger partial charge in [-0.1, -0.05) is 77.0 Å². The minimum absolute atomic E-state index is 0.0481. The van der Waals surface area contributed by atoms with Crippen molar-refractivity contribution in [1.29, 1.82) is 0 Å². The van der Waals surface area contributed by atoms with Gasteiger partial charge in [-0.3, -0.25) is 19.2 Å². The highest BCUT2D eigenvalue weighted by Crippen LogP contribution is 2.35. The number of hydrogen-bond acceptors (Lipinski definition) is 4. The van der Waals surface area contributed by atoms with Crippen LogP contribution in [0.25, 0.3) is 0 Å². The van der Waals surface area contributed by atoms with Crippen LogP contribution in [0.3, 0.4) is 0 Å². The van der Waals surface area contributed by atoms with Crippen molar-refractivity contribution in [1.82, 2.24) is 0 Å². The first-order chi connectivity index (χ1) is 18.3. The first kappa shape index (κ1) is 33.2. The van der Waals surface area contributed by atoms with E-state index in [0.717, 1.165) is 36.8 Å². The summed E-state index contributed by atoms with van der Waals surface area (Å²) in [6.07, 6.45) is 16.5. The molecule has 2 rings (SSSR count). The van der Waals surface area contributed by atoms with E-state index in [1.165, 1.54) is 0 Å². The molecule has 0 unspecified atom stereocenters. The van der Waals surface area contributed by atoms with Crippen LogP contribution in [0.2, 0.25) is 0 Å². The Labute approximate surface area is 240 Å². The number of hydrogen-bond donors (Lipinski definition) is 2. The number of carbonyl (C=O) groups is 4. The second-order valence-electron chi connectivity index (χ2n) is 14.0. The Morgan fingerprint density at radius 1 is 0.650 bits per heavy atom. The van der Waals surface area contributed by atoms with Crippen molar-refractivity contribution in [2.75, 3.05) is 0 Å². The van der Waals surface area contributed by atoms with E-state index in [1.807, 2.05) is 52.0 Å². The molecule has 0 heterocycles. The summed E-state index contributed by atoms with van der Waals surface area (Å²) in [6, 6.07) is 0. The number of ketones is 2. The maximum atomic E-state index is 13.3. The average Bonchev–Trinajstić information content (AvgIpc) is 2.82. The highest BCUT2D eigenvalue weighted by Gasteiger charge is 2.30. The largest absolute Gasteiger partial charge is 0.481 e. The zero-order valence-electron chi connectivity index (χ0n) is 25.6. The minimum Gasteiger partial charge on any atom is -0.481 e. The van der Waals surface area contributed by atoms with Gasteiger partial charge in [0.1, 0.15) is 0 Å². The molecule has 0 atom stereocenters. The average molecular weight is 553 g/mol. The Hall–Kier alpha value is -3.02. The fraction of sp³-hybridized carbons (Fsp3) is 0.588. The number of Topliss-reactive ketones (excluding diaryl/α,β-unsaturated/α-hetero) is 2. The number of carboxylic acid groups (broad SMARTS) is 2. The highest BCUT2D eigenvalue weighted by atomic mass is 16.4. The zero-order chi connectivity index (χ0) is 30.5. The quantitative estimate of drug-likeness (QED) is 0.213. The third-order valence-electron chi connectivity index (χ3n) is 7.85. The van der Waals surface area contributed by atoms with Crippen LogP contribution in [-0.4, -0.2) is 33.7 Å². The van der Waals surface area contributed by atoms with Crippen molar-refractivity contribution in [3.05, 3.63) is 58.7 Å². The van der Waals surface area contributed by atoms with E-state index in [2.05, 4.69) is 0 Å². The van der Waals surface area contributed by atoms with Gasteiger partial charge in [0.05, 0.1) is 10.8 Å². The third kappa shape index (κ3) is 9.28. The monoisotopic (exact) mass is 552 g/mol. The van der Waals surface area contributed by atoms with Gasteiger partial charge in [0.15, 0.2) is 11.6 Å². The number of rotatable bonds is 14. The van der Waals surface area contributed by atoms with Gasteiger partial charge in [-0.2, -0.15) is 0 Å². The summed E-state index contributed by atoms with van der Waals surface area (Å²) < 4.78 is 0. The molecule has 0 amide bonds. The van der Waals surface area contributed by atoms with Crippen molar-refractivity contribution in [3.63, 3.8) is 0 Å². The van der Waals surface area contributed by atoms with E-state index in [4.69, 9.17) is 0 Å². The van der Waals surface area contributed by atoms with Crippen molar-refractivity contribution in [3.8, 4) is 0 Å². The van der Waals surface area contributed by atoms with Crippen LogP contribution < -0.4 is 0 Å². The summed E-state index contributed by atoms with van der Waals surface area (Å²) in [6.45, 7) is 15.1. The molecule has 2 N–H and O–H groups in total. The van der Waals surface area contributed by atoms with E-state index in [-0.39, 0.29) is 22.4 Å². The molecule has 40 heavy (non-hydrogen) atoms. The molecule has 0 saturated heterocycles. The van der Waals surface area contributed by atoms with Gasteiger partial charge in [0.2, 0.25) is 0 Å². The summed E-state index contributed by atoms with van der Waals surface area (Å²) in [4.78, 5) is 49.4. The predicted molar refractivity (Wildman–Crippen MR) is 159 cm³/mol. The number of carbonyl (C=O) groups excluding carboxylic acids is 2. The molecular formula is C34H48O6. The fourth-order valence-corrected chi connectivity index (χ4v) is 5.19. The van der Waals surface area contributed by atoms with Gasteiger partial charge in [0, 0.05) is 22.0 Å². The number of carboxylic acids is 2. The van der Waals surface area contributed by atoms with E-state index < -0.39 is 22.8 Å². The van der Waals surface area contributed by atoms with E-state index in [1.54, 1.807) is 39.8 Å². The lowest BCUT2D eigenvalue weighted by molar-refractivity contribution is -0.148. The van der Waals surface area contributed by atoms with E-state index in [0.29, 0.717) is 36.8 Å². The Bertz CT molecular complexity index is 1090. The fourth-order valence-electron chi connectivity index (χ4n) is 5.19. The number of allylic oxidation sites excluding steroid dienone is 10. The smallest absolute Gasteiger partial charge is 0.309 e. The van der Waals surface area contributed by atoms with Crippen LogP contribution in [0.1, 0.15) is 107 Å². The van der Waals surface area contributed by atoms with Crippen LogP contribution in [-0.2, 0) is 19.2 Å².